The normalized spacial score (nSPS) is 22.6. The third-order valence-corrected chi connectivity index (χ3v) is 4.01. The fourth-order valence-electron chi connectivity index (χ4n) is 2.02. The number of nitrogens with zero attached hydrogens (tertiary/aromatic N) is 1. The summed E-state index contributed by atoms with van der Waals surface area (Å²) in [5.74, 6) is 0. The second-order valence-corrected chi connectivity index (χ2v) is 9.70. The molecule has 0 unspecified atom stereocenters. The lowest BCUT2D eigenvalue weighted by molar-refractivity contribution is -0.0518. The maximum absolute atomic E-state index is 12.2. The Morgan fingerprint density at radius 1 is 1.00 bits per heavy atom. The van der Waals surface area contributed by atoms with E-state index in [2.05, 4.69) is 0 Å². The minimum absolute atomic E-state index is 0.215. The molecule has 2 atom stereocenters. The molecule has 9 nitrogen and oxygen atoms in total. The van der Waals surface area contributed by atoms with Crippen LogP contribution in [0, 0.1) is 0 Å². The van der Waals surface area contributed by atoms with Crippen molar-refractivity contribution >= 4 is 26.3 Å². The Labute approximate surface area is 137 Å². The van der Waals surface area contributed by atoms with Crippen LogP contribution in [0.2, 0.25) is 0 Å². The topological polar surface area (TPSA) is 116 Å². The van der Waals surface area contributed by atoms with Gasteiger partial charge in [-0.05, 0) is 27.2 Å². The summed E-state index contributed by atoms with van der Waals surface area (Å²) in [5, 5.41) is 0. The van der Waals surface area contributed by atoms with Crippen LogP contribution in [0.15, 0.2) is 0 Å². The highest BCUT2D eigenvalue weighted by Crippen LogP contribution is 2.29. The first-order valence-electron chi connectivity index (χ1n) is 6.88. The smallest absolute Gasteiger partial charge is 0.410 e. The molecule has 0 aromatic carbocycles. The van der Waals surface area contributed by atoms with E-state index in [0.717, 1.165) is 12.5 Å². The van der Waals surface area contributed by atoms with Gasteiger partial charge in [0.2, 0.25) is 0 Å². The van der Waals surface area contributed by atoms with Crippen molar-refractivity contribution in [2.24, 2.45) is 0 Å². The second kappa shape index (κ2) is 6.91. The van der Waals surface area contributed by atoms with Crippen LogP contribution in [0.1, 0.15) is 27.2 Å². The average Bonchev–Trinajstić information content (AvgIpc) is 2.20. The first-order chi connectivity index (χ1) is 10.2. The number of carbonyl (C=O) groups is 1. The number of amides is 1. The van der Waals surface area contributed by atoms with Crippen molar-refractivity contribution < 1.29 is 34.7 Å². The predicted molar refractivity (Wildman–Crippen MR) is 81.9 cm³/mol. The number of rotatable bonds is 6. The first-order valence-corrected chi connectivity index (χ1v) is 10.5. The maximum Gasteiger partial charge on any atom is 0.410 e. The summed E-state index contributed by atoms with van der Waals surface area (Å²) >= 11 is 0. The molecule has 1 aliphatic heterocycles. The zero-order valence-corrected chi connectivity index (χ0v) is 15.4. The van der Waals surface area contributed by atoms with Crippen molar-refractivity contribution in [1.82, 2.24) is 4.90 Å². The zero-order valence-electron chi connectivity index (χ0n) is 13.8. The van der Waals surface area contributed by atoms with E-state index in [4.69, 9.17) is 13.1 Å². The van der Waals surface area contributed by atoms with Gasteiger partial charge in [-0.25, -0.2) is 4.79 Å². The van der Waals surface area contributed by atoms with Gasteiger partial charge in [0.15, 0.2) is 0 Å². The first kappa shape index (κ1) is 20.1. The van der Waals surface area contributed by atoms with Gasteiger partial charge in [-0.3, -0.25) is 13.3 Å². The highest BCUT2D eigenvalue weighted by atomic mass is 32.2. The summed E-state index contributed by atoms with van der Waals surface area (Å²) in [5.41, 5.74) is -0.739. The summed E-state index contributed by atoms with van der Waals surface area (Å²) in [6.07, 6.45) is 1.50. The van der Waals surface area contributed by atoms with Crippen LogP contribution in [0.4, 0.5) is 4.79 Å². The molecule has 11 heteroatoms. The van der Waals surface area contributed by atoms with Crippen LogP contribution >= 0.6 is 0 Å². The summed E-state index contributed by atoms with van der Waals surface area (Å²) in [6, 6.07) is -1.04. The molecule has 0 aromatic rings. The van der Waals surface area contributed by atoms with Gasteiger partial charge in [-0.1, -0.05) is 0 Å². The van der Waals surface area contributed by atoms with Crippen LogP contribution in [0.3, 0.4) is 0 Å². The highest BCUT2D eigenvalue weighted by Gasteiger charge is 2.44. The highest BCUT2D eigenvalue weighted by molar-refractivity contribution is 7.86. The molecule has 0 spiro atoms. The standard InChI is InChI=1S/C12H23NO8S2/c1-12(2,3)21-11(14)13-9(7-19-22(4,15)16)6-10(13)8-20-23(5,17)18/h9-10H,6-8H2,1-5H3/t9-,10+. The van der Waals surface area contributed by atoms with E-state index < -0.39 is 44.0 Å². The molecule has 0 aromatic heterocycles. The molecule has 1 fully saturated rings. The van der Waals surface area contributed by atoms with E-state index in [9.17, 15) is 21.6 Å². The molecule has 0 bridgehead atoms. The van der Waals surface area contributed by atoms with E-state index in [1.165, 1.54) is 4.90 Å². The second-order valence-electron chi connectivity index (χ2n) is 6.41. The van der Waals surface area contributed by atoms with Gasteiger partial charge >= 0.3 is 6.09 Å². The van der Waals surface area contributed by atoms with Crippen LogP contribution in [-0.2, 0) is 33.3 Å². The molecule has 0 aliphatic carbocycles. The number of carbonyl (C=O) groups excluding carboxylic acids is 1. The van der Waals surface area contributed by atoms with Crippen molar-refractivity contribution in [3.63, 3.8) is 0 Å². The molecular weight excluding hydrogens is 350 g/mol. The lowest BCUT2D eigenvalue weighted by atomic mass is 9.95. The van der Waals surface area contributed by atoms with Gasteiger partial charge in [0, 0.05) is 0 Å². The Morgan fingerprint density at radius 3 is 1.70 bits per heavy atom. The summed E-state index contributed by atoms with van der Waals surface area (Å²) < 4.78 is 58.9. The average molecular weight is 373 g/mol. The number of hydrogen-bond acceptors (Lipinski definition) is 8. The van der Waals surface area contributed by atoms with Crippen LogP contribution in [0.25, 0.3) is 0 Å². The van der Waals surface area contributed by atoms with Crippen LogP contribution in [0.5, 0.6) is 0 Å². The van der Waals surface area contributed by atoms with E-state index in [1.807, 2.05) is 0 Å². The molecule has 1 saturated heterocycles. The van der Waals surface area contributed by atoms with Gasteiger partial charge < -0.3 is 4.74 Å². The van der Waals surface area contributed by atoms with E-state index in [0.29, 0.717) is 6.42 Å². The minimum Gasteiger partial charge on any atom is -0.444 e. The molecule has 0 radical (unpaired) electrons. The van der Waals surface area contributed by atoms with Gasteiger partial charge in [-0.15, -0.1) is 0 Å². The third kappa shape index (κ3) is 7.46. The lowest BCUT2D eigenvalue weighted by Gasteiger charge is -2.47. The van der Waals surface area contributed by atoms with Crippen molar-refractivity contribution in [3.8, 4) is 0 Å². The Hall–Kier alpha value is -0.910. The van der Waals surface area contributed by atoms with E-state index in [1.54, 1.807) is 20.8 Å². The van der Waals surface area contributed by atoms with Crippen LogP contribution < -0.4 is 0 Å². The fourth-order valence-corrected chi connectivity index (χ4v) is 2.82. The number of likely N-dealkylation sites (tertiary alicyclic amines) is 1. The van der Waals surface area contributed by atoms with Crippen molar-refractivity contribution in [2.75, 3.05) is 25.7 Å². The van der Waals surface area contributed by atoms with Gasteiger partial charge in [0.25, 0.3) is 20.2 Å². The van der Waals surface area contributed by atoms with Crippen molar-refractivity contribution in [2.45, 2.75) is 44.9 Å². The van der Waals surface area contributed by atoms with Gasteiger partial charge in [0.05, 0.1) is 37.8 Å². The Morgan fingerprint density at radius 2 is 1.39 bits per heavy atom. The summed E-state index contributed by atoms with van der Waals surface area (Å²) in [7, 11) is -7.28. The third-order valence-electron chi connectivity index (χ3n) is 2.88. The van der Waals surface area contributed by atoms with Crippen molar-refractivity contribution in [3.05, 3.63) is 0 Å². The van der Waals surface area contributed by atoms with Gasteiger partial charge in [0.1, 0.15) is 5.60 Å². The Bertz CT molecular complexity index is 592. The number of hydrogen-bond donors (Lipinski definition) is 0. The SMILES string of the molecule is CC(C)(C)OC(=O)N1[C@H](COS(C)(=O)=O)C[C@@H]1COS(C)(=O)=O. The number of ether oxygens (including phenoxy) is 1. The zero-order chi connectivity index (χ0) is 18.1. The minimum atomic E-state index is -3.64. The summed E-state index contributed by atoms with van der Waals surface area (Å²) in [6.45, 7) is 4.64. The molecule has 1 amide bonds. The van der Waals surface area contributed by atoms with Crippen LogP contribution in [-0.4, -0.2) is 71.2 Å². The molecule has 1 heterocycles. The monoisotopic (exact) mass is 373 g/mol. The Balaban J connectivity index is 2.75. The lowest BCUT2D eigenvalue weighted by Crippen LogP contribution is -2.62. The fraction of sp³-hybridized carbons (Fsp3) is 0.917. The maximum atomic E-state index is 12.2. The molecule has 1 rings (SSSR count). The molecule has 0 N–H and O–H groups in total. The quantitative estimate of drug-likeness (QED) is 0.611. The van der Waals surface area contributed by atoms with Crippen molar-refractivity contribution in [1.29, 1.82) is 0 Å². The summed E-state index contributed by atoms with van der Waals surface area (Å²) in [4.78, 5) is 13.5. The molecule has 23 heavy (non-hydrogen) atoms. The van der Waals surface area contributed by atoms with E-state index in [-0.39, 0.29) is 13.2 Å². The predicted octanol–water partition coefficient (Wildman–Crippen LogP) is 0.317. The van der Waals surface area contributed by atoms with E-state index >= 15 is 0 Å². The largest absolute Gasteiger partial charge is 0.444 e. The van der Waals surface area contributed by atoms with Gasteiger partial charge in [-0.2, -0.15) is 16.8 Å². The molecule has 136 valence electrons. The molecular formula is C12H23NO8S2. The Kier molecular flexibility index (Phi) is 6.05. The molecule has 0 saturated carbocycles. The molecule has 1 aliphatic rings.